The van der Waals surface area contributed by atoms with Crippen molar-refractivity contribution >= 4 is 5.97 Å². The monoisotopic (exact) mass is 317 g/mol. The van der Waals surface area contributed by atoms with Crippen LogP contribution in [0.15, 0.2) is 24.3 Å². The maximum atomic E-state index is 12.2. The molecule has 1 fully saturated rings. The van der Waals surface area contributed by atoms with Crippen LogP contribution >= 0.6 is 0 Å². The summed E-state index contributed by atoms with van der Waals surface area (Å²) in [5.74, 6) is 1.06. The Bertz CT molecular complexity index is 492. The molecule has 2 rings (SSSR count). The van der Waals surface area contributed by atoms with E-state index in [1.54, 1.807) is 0 Å². The predicted molar refractivity (Wildman–Crippen MR) is 91.5 cm³/mol. The van der Waals surface area contributed by atoms with Gasteiger partial charge in [0, 0.05) is 0 Å². The van der Waals surface area contributed by atoms with E-state index in [1.165, 1.54) is 12.0 Å². The molecule has 2 atom stereocenters. The van der Waals surface area contributed by atoms with Gasteiger partial charge in [0.2, 0.25) is 0 Å². The summed E-state index contributed by atoms with van der Waals surface area (Å²) in [4.78, 5) is 22.8. The van der Waals surface area contributed by atoms with Crippen molar-refractivity contribution in [3.63, 3.8) is 0 Å². The quantitative estimate of drug-likeness (QED) is 0.524. The van der Waals surface area contributed by atoms with Gasteiger partial charge in [0.05, 0.1) is 5.56 Å². The van der Waals surface area contributed by atoms with Crippen molar-refractivity contribution in [3.8, 4) is 0 Å². The molecular weight excluding hydrogens is 288 g/mol. The number of rotatable bonds is 6. The van der Waals surface area contributed by atoms with Gasteiger partial charge in [-0.15, -0.1) is 0 Å². The Morgan fingerprint density at radius 2 is 1.91 bits per heavy atom. The highest BCUT2D eigenvalue weighted by Gasteiger charge is 2.34. The number of carbonyl (C=O) groups excluding carboxylic acids is 1. The lowest BCUT2D eigenvalue weighted by atomic mass is 9.75. The van der Waals surface area contributed by atoms with Crippen LogP contribution in [0.2, 0.25) is 0 Å². The molecule has 2 unspecified atom stereocenters. The molecule has 1 aromatic carbocycles. The van der Waals surface area contributed by atoms with Gasteiger partial charge in [-0.3, -0.25) is 4.89 Å². The van der Waals surface area contributed by atoms with E-state index in [0.29, 0.717) is 23.3 Å². The highest BCUT2D eigenvalue weighted by molar-refractivity contribution is 5.88. The molecule has 3 heteroatoms. The van der Waals surface area contributed by atoms with E-state index in [9.17, 15) is 4.79 Å². The lowest BCUT2D eigenvalue weighted by Crippen LogP contribution is -2.28. The normalized spacial score (nSPS) is 22.3. The fraction of sp³-hybridized carbons (Fsp3) is 0.600. The van der Waals surface area contributed by atoms with Crippen molar-refractivity contribution in [2.75, 3.05) is 0 Å². The third-order valence-electron chi connectivity index (χ3n) is 4.69. The summed E-state index contributed by atoms with van der Waals surface area (Å²) in [6.07, 6.45) is 6.25. The van der Waals surface area contributed by atoms with Crippen LogP contribution in [0.5, 0.6) is 0 Å². The molecule has 0 spiro atoms. The van der Waals surface area contributed by atoms with Crippen molar-refractivity contribution in [2.45, 2.75) is 59.8 Å². The Labute approximate surface area is 140 Å². The van der Waals surface area contributed by atoms with E-state index in [2.05, 4.69) is 27.7 Å². The van der Waals surface area contributed by atoms with Crippen molar-refractivity contribution in [3.05, 3.63) is 41.5 Å². The average Bonchev–Trinajstić information content (AvgIpc) is 2.53. The molecule has 0 aromatic heterocycles. The summed E-state index contributed by atoms with van der Waals surface area (Å²) in [5, 5.41) is 0. The van der Waals surface area contributed by atoms with Crippen LogP contribution in [0.25, 0.3) is 0 Å². The highest BCUT2D eigenvalue weighted by atomic mass is 17.2. The van der Waals surface area contributed by atoms with Crippen LogP contribution in [0, 0.1) is 23.9 Å². The van der Waals surface area contributed by atoms with Crippen molar-refractivity contribution in [1.82, 2.24) is 0 Å². The first-order valence-electron chi connectivity index (χ1n) is 8.84. The zero-order valence-corrected chi connectivity index (χ0v) is 14.8. The minimum absolute atomic E-state index is 0.380. The SMILES string of the molecule is CCCc1ccc(C(=O)OO[C]2CC(C)CCC2C(C)C)cc1. The molecule has 0 N–H and O–H groups in total. The second-order valence-corrected chi connectivity index (χ2v) is 7.10. The Kier molecular flexibility index (Phi) is 6.64. The predicted octanol–water partition coefficient (Wildman–Crippen LogP) is 5.35. The molecule has 0 saturated heterocycles. The van der Waals surface area contributed by atoms with E-state index in [1.807, 2.05) is 24.3 Å². The highest BCUT2D eigenvalue weighted by Crippen LogP contribution is 2.40. The first kappa shape index (κ1) is 18.0. The lowest BCUT2D eigenvalue weighted by molar-refractivity contribution is -0.251. The van der Waals surface area contributed by atoms with Crippen molar-refractivity contribution < 1.29 is 14.6 Å². The average molecular weight is 317 g/mol. The van der Waals surface area contributed by atoms with Gasteiger partial charge in [-0.05, 0) is 54.7 Å². The van der Waals surface area contributed by atoms with Crippen LogP contribution in [-0.4, -0.2) is 5.97 Å². The van der Waals surface area contributed by atoms with E-state index in [-0.39, 0.29) is 0 Å². The van der Waals surface area contributed by atoms with Gasteiger partial charge in [-0.25, -0.2) is 4.79 Å². The third-order valence-corrected chi connectivity index (χ3v) is 4.69. The number of benzene rings is 1. The number of hydrogen-bond acceptors (Lipinski definition) is 3. The zero-order chi connectivity index (χ0) is 16.8. The lowest BCUT2D eigenvalue weighted by Gasteiger charge is -2.34. The van der Waals surface area contributed by atoms with Gasteiger partial charge in [0.15, 0.2) is 6.10 Å². The van der Waals surface area contributed by atoms with E-state index >= 15 is 0 Å². The minimum Gasteiger partial charge on any atom is -0.292 e. The third kappa shape index (κ3) is 5.07. The fourth-order valence-electron chi connectivity index (χ4n) is 3.26. The maximum Gasteiger partial charge on any atom is 0.373 e. The Morgan fingerprint density at radius 1 is 1.22 bits per heavy atom. The molecule has 1 radical (unpaired) electrons. The zero-order valence-electron chi connectivity index (χ0n) is 14.8. The van der Waals surface area contributed by atoms with Gasteiger partial charge in [-0.1, -0.05) is 52.7 Å². The minimum atomic E-state index is -0.415. The van der Waals surface area contributed by atoms with Gasteiger partial charge in [0.25, 0.3) is 0 Å². The Morgan fingerprint density at radius 3 is 2.52 bits per heavy atom. The molecule has 0 heterocycles. The van der Waals surface area contributed by atoms with Gasteiger partial charge in [0.1, 0.15) is 0 Å². The largest absolute Gasteiger partial charge is 0.373 e. The second kappa shape index (κ2) is 8.49. The molecule has 1 aliphatic carbocycles. The molecule has 0 bridgehead atoms. The molecule has 3 nitrogen and oxygen atoms in total. The smallest absolute Gasteiger partial charge is 0.292 e. The molecule has 1 aliphatic rings. The van der Waals surface area contributed by atoms with Crippen LogP contribution in [-0.2, 0) is 16.2 Å². The summed E-state index contributed by atoms with van der Waals surface area (Å²) < 4.78 is 0. The topological polar surface area (TPSA) is 35.5 Å². The van der Waals surface area contributed by atoms with Crippen molar-refractivity contribution in [2.24, 2.45) is 17.8 Å². The Balaban J connectivity index is 1.91. The molecule has 0 amide bonds. The van der Waals surface area contributed by atoms with Crippen LogP contribution in [0.3, 0.4) is 0 Å². The summed E-state index contributed by atoms with van der Waals surface area (Å²) in [5.41, 5.74) is 1.77. The van der Waals surface area contributed by atoms with E-state index < -0.39 is 5.97 Å². The number of aryl methyl sites for hydroxylation is 1. The molecule has 1 saturated carbocycles. The molecule has 0 aliphatic heterocycles. The molecular formula is C20H29O3. The summed E-state index contributed by atoms with van der Waals surface area (Å²) >= 11 is 0. The van der Waals surface area contributed by atoms with Crippen LogP contribution < -0.4 is 0 Å². The van der Waals surface area contributed by atoms with Gasteiger partial charge < -0.3 is 0 Å². The standard InChI is InChI=1S/C20H29O3/c1-5-6-16-8-10-17(11-9-16)20(21)23-22-19-13-15(4)7-12-18(19)14(2)3/h8-11,14-15,18H,5-7,12-13H2,1-4H3. The summed E-state index contributed by atoms with van der Waals surface area (Å²) in [6.45, 7) is 8.74. The number of carbonyl (C=O) groups is 1. The first-order chi connectivity index (χ1) is 11.0. The number of hydrogen-bond donors (Lipinski definition) is 0. The van der Waals surface area contributed by atoms with Crippen LogP contribution in [0.1, 0.15) is 69.3 Å². The fourth-order valence-corrected chi connectivity index (χ4v) is 3.26. The van der Waals surface area contributed by atoms with Crippen LogP contribution in [0.4, 0.5) is 0 Å². The summed E-state index contributed by atoms with van der Waals surface area (Å²) in [6, 6.07) is 7.58. The maximum absolute atomic E-state index is 12.2. The Hall–Kier alpha value is -1.35. The van der Waals surface area contributed by atoms with E-state index in [0.717, 1.165) is 31.8 Å². The molecule has 1 aromatic rings. The molecule has 23 heavy (non-hydrogen) atoms. The first-order valence-corrected chi connectivity index (χ1v) is 8.84. The van der Waals surface area contributed by atoms with Crippen molar-refractivity contribution in [1.29, 1.82) is 0 Å². The molecule has 127 valence electrons. The summed E-state index contributed by atoms with van der Waals surface area (Å²) in [7, 11) is 0. The second-order valence-electron chi connectivity index (χ2n) is 7.10. The van der Waals surface area contributed by atoms with E-state index in [4.69, 9.17) is 9.78 Å². The van der Waals surface area contributed by atoms with Gasteiger partial charge in [-0.2, -0.15) is 4.89 Å². The van der Waals surface area contributed by atoms with Gasteiger partial charge >= 0.3 is 5.97 Å².